The summed E-state index contributed by atoms with van der Waals surface area (Å²) >= 11 is 0. The van der Waals surface area contributed by atoms with E-state index in [4.69, 9.17) is 4.74 Å². The van der Waals surface area contributed by atoms with E-state index in [1.54, 1.807) is 38.3 Å². The highest BCUT2D eigenvalue weighted by atomic mass is 32.2. The van der Waals surface area contributed by atoms with Crippen LogP contribution in [-0.4, -0.2) is 40.3 Å². The van der Waals surface area contributed by atoms with Crippen LogP contribution in [-0.2, 0) is 26.0 Å². The molecule has 20 heavy (non-hydrogen) atoms. The quantitative estimate of drug-likeness (QED) is 0.694. The van der Waals surface area contributed by atoms with Crippen molar-refractivity contribution in [1.82, 2.24) is 5.32 Å². The summed E-state index contributed by atoms with van der Waals surface area (Å²) in [6.45, 7) is 2.52. The first-order valence-electron chi connectivity index (χ1n) is 6.32. The van der Waals surface area contributed by atoms with Gasteiger partial charge in [0.2, 0.25) is 15.9 Å². The summed E-state index contributed by atoms with van der Waals surface area (Å²) in [5, 5.41) is 2.72. The Bertz CT molecular complexity index is 526. The summed E-state index contributed by atoms with van der Waals surface area (Å²) in [6.07, 6.45) is 0.254. The fraction of sp³-hybridized carbons (Fsp3) is 0.462. The number of methoxy groups -OCH3 is 1. The molecule has 1 aromatic carbocycles. The maximum atomic E-state index is 11.6. The minimum atomic E-state index is -3.27. The molecule has 0 bridgehead atoms. The first kappa shape index (κ1) is 16.5. The van der Waals surface area contributed by atoms with Gasteiger partial charge in [0, 0.05) is 19.3 Å². The number of benzene rings is 1. The molecular formula is C13H20N2O4S. The lowest BCUT2D eigenvalue weighted by Gasteiger charge is -2.07. The summed E-state index contributed by atoms with van der Waals surface area (Å²) in [6, 6.07) is 6.74. The van der Waals surface area contributed by atoms with Crippen LogP contribution in [0, 0.1) is 0 Å². The highest BCUT2D eigenvalue weighted by Crippen LogP contribution is 2.11. The van der Waals surface area contributed by atoms with Gasteiger partial charge in [0.25, 0.3) is 0 Å². The van der Waals surface area contributed by atoms with Gasteiger partial charge in [-0.3, -0.25) is 9.52 Å². The molecule has 1 aromatic rings. The van der Waals surface area contributed by atoms with Crippen molar-refractivity contribution in [3.8, 4) is 0 Å². The molecule has 0 saturated heterocycles. The van der Waals surface area contributed by atoms with Crippen LogP contribution in [0.25, 0.3) is 0 Å². The number of carbonyl (C=O) groups excluding carboxylic acids is 1. The zero-order valence-electron chi connectivity index (χ0n) is 11.7. The van der Waals surface area contributed by atoms with Crippen LogP contribution >= 0.6 is 0 Å². The lowest BCUT2D eigenvalue weighted by Crippen LogP contribution is -2.28. The van der Waals surface area contributed by atoms with Gasteiger partial charge in [-0.15, -0.1) is 0 Å². The molecule has 0 heterocycles. The summed E-state index contributed by atoms with van der Waals surface area (Å²) in [7, 11) is -1.69. The zero-order valence-corrected chi connectivity index (χ0v) is 12.5. The number of carbonyl (C=O) groups is 1. The summed E-state index contributed by atoms with van der Waals surface area (Å²) in [4.78, 5) is 11.6. The second-order valence-electron chi connectivity index (χ2n) is 4.22. The number of sulfonamides is 1. The molecule has 112 valence electrons. The first-order chi connectivity index (χ1) is 9.46. The average Bonchev–Trinajstić information content (AvgIpc) is 2.41. The van der Waals surface area contributed by atoms with Crippen molar-refractivity contribution in [2.45, 2.75) is 13.3 Å². The van der Waals surface area contributed by atoms with Crippen molar-refractivity contribution in [2.75, 3.05) is 30.7 Å². The van der Waals surface area contributed by atoms with Crippen LogP contribution in [0.4, 0.5) is 5.69 Å². The normalized spacial score (nSPS) is 11.1. The minimum absolute atomic E-state index is 0.0245. The molecule has 1 rings (SSSR count). The molecule has 0 spiro atoms. The predicted octanol–water partition coefficient (Wildman–Crippen LogP) is 0.753. The Morgan fingerprint density at radius 1 is 1.25 bits per heavy atom. The Labute approximate surface area is 119 Å². The van der Waals surface area contributed by atoms with Gasteiger partial charge in [0.15, 0.2) is 0 Å². The maximum Gasteiger partial charge on any atom is 0.232 e. The van der Waals surface area contributed by atoms with Gasteiger partial charge in [0.1, 0.15) is 0 Å². The summed E-state index contributed by atoms with van der Waals surface area (Å²) in [5.41, 5.74) is 1.31. The highest BCUT2D eigenvalue weighted by molar-refractivity contribution is 7.92. The third-order valence-electron chi connectivity index (χ3n) is 2.60. The van der Waals surface area contributed by atoms with Crippen molar-refractivity contribution in [2.24, 2.45) is 0 Å². The molecule has 0 saturated carbocycles. The van der Waals surface area contributed by atoms with Gasteiger partial charge in [-0.2, -0.15) is 0 Å². The number of rotatable bonds is 8. The Kier molecular flexibility index (Phi) is 6.47. The molecule has 2 N–H and O–H groups in total. The fourth-order valence-electron chi connectivity index (χ4n) is 1.48. The molecule has 1 amide bonds. The van der Waals surface area contributed by atoms with E-state index in [9.17, 15) is 13.2 Å². The van der Waals surface area contributed by atoms with Gasteiger partial charge in [-0.25, -0.2) is 8.42 Å². The van der Waals surface area contributed by atoms with Gasteiger partial charge >= 0.3 is 0 Å². The van der Waals surface area contributed by atoms with E-state index >= 15 is 0 Å². The number of hydrogen-bond donors (Lipinski definition) is 2. The smallest absolute Gasteiger partial charge is 0.232 e. The molecule has 0 aliphatic heterocycles. The Morgan fingerprint density at radius 2 is 1.90 bits per heavy atom. The van der Waals surface area contributed by atoms with Crippen molar-refractivity contribution in [1.29, 1.82) is 0 Å². The number of amides is 1. The second-order valence-corrected chi connectivity index (χ2v) is 6.23. The predicted molar refractivity (Wildman–Crippen MR) is 78.1 cm³/mol. The average molecular weight is 300 g/mol. The van der Waals surface area contributed by atoms with E-state index in [0.717, 1.165) is 5.56 Å². The van der Waals surface area contributed by atoms with E-state index in [-0.39, 0.29) is 18.1 Å². The lowest BCUT2D eigenvalue weighted by molar-refractivity contribution is -0.120. The van der Waals surface area contributed by atoms with Crippen LogP contribution in [0.5, 0.6) is 0 Å². The van der Waals surface area contributed by atoms with Gasteiger partial charge in [-0.1, -0.05) is 12.1 Å². The molecule has 0 aliphatic rings. The summed E-state index contributed by atoms with van der Waals surface area (Å²) in [5.74, 6) is -0.0691. The van der Waals surface area contributed by atoms with Gasteiger partial charge < -0.3 is 10.1 Å². The third-order valence-corrected chi connectivity index (χ3v) is 3.91. The Morgan fingerprint density at radius 3 is 2.45 bits per heavy atom. The van der Waals surface area contributed by atoms with E-state index in [1.807, 2.05) is 0 Å². The molecule has 0 atom stereocenters. The van der Waals surface area contributed by atoms with Crippen LogP contribution in [0.1, 0.15) is 12.5 Å². The largest absolute Gasteiger partial charge is 0.383 e. The molecule has 0 unspecified atom stereocenters. The Hall–Kier alpha value is -1.60. The molecule has 0 radical (unpaired) electrons. The zero-order chi connectivity index (χ0) is 15.0. The highest BCUT2D eigenvalue weighted by Gasteiger charge is 2.07. The van der Waals surface area contributed by atoms with Crippen molar-refractivity contribution in [3.05, 3.63) is 29.8 Å². The number of hydrogen-bond acceptors (Lipinski definition) is 4. The molecular weight excluding hydrogens is 280 g/mol. The van der Waals surface area contributed by atoms with Gasteiger partial charge in [0.05, 0.1) is 18.8 Å². The van der Waals surface area contributed by atoms with E-state index in [0.29, 0.717) is 18.8 Å². The first-order valence-corrected chi connectivity index (χ1v) is 7.97. The van der Waals surface area contributed by atoms with E-state index < -0.39 is 10.0 Å². The topological polar surface area (TPSA) is 84.5 Å². The number of anilines is 1. The molecule has 0 aromatic heterocycles. The molecule has 0 aliphatic carbocycles. The van der Waals surface area contributed by atoms with E-state index in [2.05, 4.69) is 10.0 Å². The van der Waals surface area contributed by atoms with Crippen LogP contribution in [0.3, 0.4) is 0 Å². The van der Waals surface area contributed by atoms with Crippen molar-refractivity contribution >= 4 is 21.6 Å². The minimum Gasteiger partial charge on any atom is -0.383 e. The monoisotopic (exact) mass is 300 g/mol. The molecule has 7 heteroatoms. The van der Waals surface area contributed by atoms with Crippen molar-refractivity contribution in [3.63, 3.8) is 0 Å². The van der Waals surface area contributed by atoms with Crippen molar-refractivity contribution < 1.29 is 17.9 Å². The second kappa shape index (κ2) is 7.86. The fourth-order valence-corrected chi connectivity index (χ4v) is 2.12. The van der Waals surface area contributed by atoms with E-state index in [1.165, 1.54) is 0 Å². The lowest BCUT2D eigenvalue weighted by atomic mass is 10.1. The SMILES string of the molecule is CCS(=O)(=O)Nc1ccc(CC(=O)NCCOC)cc1. The Balaban J connectivity index is 2.52. The van der Waals surface area contributed by atoms with Crippen LogP contribution in [0.15, 0.2) is 24.3 Å². The molecule has 0 fully saturated rings. The summed E-state index contributed by atoms with van der Waals surface area (Å²) < 4.78 is 30.1. The van der Waals surface area contributed by atoms with Crippen LogP contribution in [0.2, 0.25) is 0 Å². The number of ether oxygens (including phenoxy) is 1. The van der Waals surface area contributed by atoms with Crippen LogP contribution < -0.4 is 10.0 Å². The standard InChI is InChI=1S/C13H20N2O4S/c1-3-20(17,18)15-12-6-4-11(5-7-12)10-13(16)14-8-9-19-2/h4-7,15H,3,8-10H2,1-2H3,(H,14,16). The third kappa shape index (κ3) is 6.03. The molecule has 6 nitrogen and oxygen atoms in total. The maximum absolute atomic E-state index is 11.6. The van der Waals surface area contributed by atoms with Gasteiger partial charge in [-0.05, 0) is 24.6 Å². The number of nitrogens with one attached hydrogen (secondary N) is 2.